The maximum atomic E-state index is 10.7. The minimum absolute atomic E-state index is 0.0636. The van der Waals surface area contributed by atoms with E-state index in [0.717, 1.165) is 5.56 Å². The molecule has 0 saturated carbocycles. The Kier molecular flexibility index (Phi) is 4.67. The summed E-state index contributed by atoms with van der Waals surface area (Å²) in [6.07, 6.45) is 0. The van der Waals surface area contributed by atoms with E-state index in [4.69, 9.17) is 33.7 Å². The van der Waals surface area contributed by atoms with Gasteiger partial charge in [-0.15, -0.1) is 0 Å². The first-order valence-electron chi connectivity index (χ1n) is 6.06. The lowest BCUT2D eigenvalue weighted by molar-refractivity contribution is -0.384. The van der Waals surface area contributed by atoms with E-state index in [9.17, 15) is 10.1 Å². The van der Waals surface area contributed by atoms with Gasteiger partial charge in [0.05, 0.1) is 15.0 Å². The van der Waals surface area contributed by atoms with E-state index in [1.54, 1.807) is 12.1 Å². The number of hydrogen-bond donors (Lipinski definition) is 1. The molecule has 2 aromatic carbocycles. The molecule has 1 atom stereocenters. The largest absolute Gasteiger partial charge is 0.454 e. The minimum atomic E-state index is -0.572. The molecule has 110 valence electrons. The molecule has 7 heteroatoms. The van der Waals surface area contributed by atoms with E-state index >= 15 is 0 Å². The minimum Gasteiger partial charge on any atom is -0.454 e. The summed E-state index contributed by atoms with van der Waals surface area (Å²) in [5.74, 6) is 0.669. The van der Waals surface area contributed by atoms with Crippen LogP contribution in [0.2, 0.25) is 10.0 Å². The lowest BCUT2D eigenvalue weighted by Crippen LogP contribution is -2.06. The van der Waals surface area contributed by atoms with Crippen LogP contribution >= 0.6 is 23.2 Å². The third-order valence-corrected chi connectivity index (χ3v) is 3.38. The second kappa shape index (κ2) is 6.30. The molecule has 2 aromatic rings. The molecule has 21 heavy (non-hydrogen) atoms. The van der Waals surface area contributed by atoms with Crippen LogP contribution in [0, 0.1) is 10.1 Å². The fourth-order valence-corrected chi connectivity index (χ4v) is 2.36. The van der Waals surface area contributed by atoms with Crippen molar-refractivity contribution in [3.8, 4) is 11.5 Å². The van der Waals surface area contributed by atoms with Crippen LogP contribution < -0.4 is 10.5 Å². The van der Waals surface area contributed by atoms with Crippen LogP contribution in [-0.4, -0.2) is 4.92 Å². The number of benzene rings is 2. The monoisotopic (exact) mass is 326 g/mol. The van der Waals surface area contributed by atoms with Gasteiger partial charge in [-0.1, -0.05) is 41.4 Å². The Bertz CT molecular complexity index is 667. The maximum absolute atomic E-state index is 10.7. The lowest BCUT2D eigenvalue weighted by atomic mass is 10.1. The van der Waals surface area contributed by atoms with Gasteiger partial charge in [0.2, 0.25) is 0 Å². The first kappa shape index (κ1) is 15.6. The molecule has 0 aliphatic heterocycles. The number of para-hydroxylation sites is 1. The van der Waals surface area contributed by atoms with Crippen molar-refractivity contribution in [2.45, 2.75) is 13.0 Å². The van der Waals surface area contributed by atoms with Gasteiger partial charge in [0.25, 0.3) is 5.69 Å². The number of non-ortho nitro benzene ring substituents is 1. The molecule has 0 aromatic heterocycles. The number of nitro benzene ring substituents is 1. The van der Waals surface area contributed by atoms with Crippen LogP contribution in [0.25, 0.3) is 0 Å². The summed E-state index contributed by atoms with van der Waals surface area (Å²) >= 11 is 12.0. The van der Waals surface area contributed by atoms with Gasteiger partial charge in [-0.25, -0.2) is 0 Å². The zero-order valence-electron chi connectivity index (χ0n) is 11.0. The van der Waals surface area contributed by atoms with E-state index in [2.05, 4.69) is 0 Å². The Balaban J connectivity index is 2.43. The summed E-state index contributed by atoms with van der Waals surface area (Å²) in [6.45, 7) is 1.82. The highest BCUT2D eigenvalue weighted by molar-refractivity contribution is 6.37. The van der Waals surface area contributed by atoms with E-state index in [-0.39, 0.29) is 27.5 Å². The molecule has 0 radical (unpaired) electrons. The van der Waals surface area contributed by atoms with E-state index in [1.807, 2.05) is 19.1 Å². The van der Waals surface area contributed by atoms with Crippen molar-refractivity contribution in [2.24, 2.45) is 5.73 Å². The van der Waals surface area contributed by atoms with Gasteiger partial charge in [0.15, 0.2) is 5.75 Å². The molecule has 0 heterocycles. The average Bonchev–Trinajstić information content (AvgIpc) is 2.42. The van der Waals surface area contributed by atoms with Gasteiger partial charge < -0.3 is 10.5 Å². The molecule has 5 nitrogen and oxygen atoms in total. The summed E-state index contributed by atoms with van der Waals surface area (Å²) in [5.41, 5.74) is 6.46. The van der Waals surface area contributed by atoms with Crippen LogP contribution in [0.3, 0.4) is 0 Å². The number of nitrogens with zero attached hydrogens (tertiary/aromatic N) is 1. The third kappa shape index (κ3) is 3.44. The first-order chi connectivity index (χ1) is 9.90. The van der Waals surface area contributed by atoms with Crippen molar-refractivity contribution in [1.29, 1.82) is 0 Å². The average molecular weight is 327 g/mol. The predicted octanol–water partition coefficient (Wildman–Crippen LogP) is 4.71. The van der Waals surface area contributed by atoms with Crippen LogP contribution in [0.5, 0.6) is 11.5 Å². The van der Waals surface area contributed by atoms with Gasteiger partial charge in [0.1, 0.15) is 5.75 Å². The summed E-state index contributed by atoms with van der Waals surface area (Å²) in [6, 6.07) is 9.32. The maximum Gasteiger partial charge on any atom is 0.272 e. The molecule has 0 fully saturated rings. The molecular weight excluding hydrogens is 315 g/mol. The molecule has 0 aliphatic carbocycles. The third-order valence-electron chi connectivity index (χ3n) is 2.82. The molecule has 0 aliphatic rings. The van der Waals surface area contributed by atoms with Crippen molar-refractivity contribution in [1.82, 2.24) is 0 Å². The van der Waals surface area contributed by atoms with Crippen LogP contribution in [0.4, 0.5) is 5.69 Å². The Morgan fingerprint density at radius 3 is 2.33 bits per heavy atom. The Hall–Kier alpha value is -1.82. The molecular formula is C14H12Cl2N2O3. The quantitative estimate of drug-likeness (QED) is 0.651. The van der Waals surface area contributed by atoms with E-state index in [1.165, 1.54) is 12.1 Å². The number of nitro groups is 1. The summed E-state index contributed by atoms with van der Waals surface area (Å²) in [4.78, 5) is 10.2. The van der Waals surface area contributed by atoms with Crippen molar-refractivity contribution in [2.75, 3.05) is 0 Å². The smallest absolute Gasteiger partial charge is 0.272 e. The van der Waals surface area contributed by atoms with Crippen LogP contribution in [-0.2, 0) is 0 Å². The molecule has 0 amide bonds. The lowest BCUT2D eigenvalue weighted by Gasteiger charge is -2.15. The second-order valence-electron chi connectivity index (χ2n) is 4.42. The standard InChI is InChI=1S/C14H12Cl2N2O3/c1-8(17)10-4-2-3-5-13(10)21-14-11(15)6-9(18(19)20)7-12(14)16/h2-8H,17H2,1H3. The number of halogens is 2. The second-order valence-corrected chi connectivity index (χ2v) is 5.24. The zero-order valence-corrected chi connectivity index (χ0v) is 12.6. The SMILES string of the molecule is CC(N)c1ccccc1Oc1c(Cl)cc([N+](=O)[O-])cc1Cl. The highest BCUT2D eigenvalue weighted by Gasteiger charge is 2.18. The molecule has 0 spiro atoms. The van der Waals surface area contributed by atoms with Gasteiger partial charge in [-0.05, 0) is 13.0 Å². The zero-order chi connectivity index (χ0) is 15.6. The molecule has 2 rings (SSSR count). The highest BCUT2D eigenvalue weighted by Crippen LogP contribution is 2.40. The number of hydrogen-bond acceptors (Lipinski definition) is 4. The van der Waals surface area contributed by atoms with Crippen LogP contribution in [0.1, 0.15) is 18.5 Å². The van der Waals surface area contributed by atoms with E-state index < -0.39 is 4.92 Å². The Labute approximate surface area is 131 Å². The molecule has 0 saturated heterocycles. The van der Waals surface area contributed by atoms with Gasteiger partial charge in [-0.2, -0.15) is 0 Å². The Morgan fingerprint density at radius 2 is 1.81 bits per heavy atom. The fraction of sp³-hybridized carbons (Fsp3) is 0.143. The van der Waals surface area contributed by atoms with Crippen molar-refractivity contribution in [3.63, 3.8) is 0 Å². The highest BCUT2D eigenvalue weighted by atomic mass is 35.5. The van der Waals surface area contributed by atoms with Crippen molar-refractivity contribution < 1.29 is 9.66 Å². The van der Waals surface area contributed by atoms with Crippen molar-refractivity contribution >= 4 is 28.9 Å². The summed E-state index contributed by atoms with van der Waals surface area (Å²) in [7, 11) is 0. The van der Waals surface area contributed by atoms with Gasteiger partial charge >= 0.3 is 0 Å². The summed E-state index contributed by atoms with van der Waals surface area (Å²) in [5, 5.41) is 10.9. The fourth-order valence-electron chi connectivity index (χ4n) is 1.81. The number of rotatable bonds is 4. The molecule has 0 bridgehead atoms. The molecule has 1 unspecified atom stereocenters. The summed E-state index contributed by atoms with van der Waals surface area (Å²) < 4.78 is 5.70. The van der Waals surface area contributed by atoms with Crippen molar-refractivity contribution in [3.05, 3.63) is 62.1 Å². The van der Waals surface area contributed by atoms with Gasteiger partial charge in [-0.3, -0.25) is 10.1 Å². The normalized spacial score (nSPS) is 12.0. The molecule has 2 N–H and O–H groups in total. The topological polar surface area (TPSA) is 78.4 Å². The Morgan fingerprint density at radius 1 is 1.24 bits per heavy atom. The first-order valence-corrected chi connectivity index (χ1v) is 6.81. The predicted molar refractivity (Wildman–Crippen MR) is 82.2 cm³/mol. The van der Waals surface area contributed by atoms with Gasteiger partial charge in [0, 0.05) is 23.7 Å². The number of ether oxygens (including phenoxy) is 1. The number of nitrogens with two attached hydrogens (primary N) is 1. The van der Waals surface area contributed by atoms with E-state index in [0.29, 0.717) is 5.75 Å². The van der Waals surface area contributed by atoms with Crippen LogP contribution in [0.15, 0.2) is 36.4 Å².